The van der Waals surface area contributed by atoms with E-state index in [0.717, 1.165) is 45.6 Å². The van der Waals surface area contributed by atoms with Crippen LogP contribution < -0.4 is 11.1 Å². The molecule has 0 bridgehead atoms. The van der Waals surface area contributed by atoms with Gasteiger partial charge < -0.3 is 15.8 Å². The molecule has 1 rings (SSSR count). The van der Waals surface area contributed by atoms with E-state index < -0.39 is 0 Å². The number of carbonyl (C=O) groups excluding carboxylic acids is 1. The largest absolute Gasteiger partial charge is 0.385 e. The zero-order valence-electron chi connectivity index (χ0n) is 13.6. The van der Waals surface area contributed by atoms with Crippen molar-refractivity contribution in [2.24, 2.45) is 5.73 Å². The van der Waals surface area contributed by atoms with Crippen molar-refractivity contribution in [1.82, 2.24) is 15.1 Å². The van der Waals surface area contributed by atoms with Crippen LogP contribution >= 0.6 is 0 Å². The number of nitrogens with zero attached hydrogens (tertiary/aromatic N) is 2. The summed E-state index contributed by atoms with van der Waals surface area (Å²) >= 11 is 0. The van der Waals surface area contributed by atoms with Crippen LogP contribution in [0.3, 0.4) is 0 Å². The molecule has 1 atom stereocenters. The molecule has 1 saturated heterocycles. The number of ether oxygens (including phenoxy) is 1. The van der Waals surface area contributed by atoms with Gasteiger partial charge in [0.15, 0.2) is 0 Å². The van der Waals surface area contributed by atoms with Gasteiger partial charge in [-0.2, -0.15) is 0 Å². The minimum absolute atomic E-state index is 0.114. The van der Waals surface area contributed by atoms with E-state index in [1.165, 1.54) is 6.42 Å². The number of hydrogen-bond acceptors (Lipinski definition) is 5. The maximum atomic E-state index is 11.8. The lowest BCUT2D eigenvalue weighted by Gasteiger charge is -2.38. The maximum absolute atomic E-state index is 11.8. The molecule has 0 radical (unpaired) electrons. The molecule has 1 amide bonds. The van der Waals surface area contributed by atoms with Gasteiger partial charge in [0.25, 0.3) is 0 Å². The highest BCUT2D eigenvalue weighted by Crippen LogP contribution is 2.10. The molecule has 0 aliphatic carbocycles. The summed E-state index contributed by atoms with van der Waals surface area (Å²) < 4.78 is 4.96. The molecular weight excluding hydrogens is 268 g/mol. The van der Waals surface area contributed by atoms with Crippen LogP contribution in [0.25, 0.3) is 0 Å². The van der Waals surface area contributed by atoms with Gasteiger partial charge in [-0.1, -0.05) is 13.3 Å². The molecule has 0 aromatic rings. The summed E-state index contributed by atoms with van der Waals surface area (Å²) in [6.07, 6.45) is 3.20. The fraction of sp³-hybridized carbons (Fsp3) is 0.933. The molecule has 1 heterocycles. The van der Waals surface area contributed by atoms with Gasteiger partial charge in [-0.05, 0) is 12.8 Å². The van der Waals surface area contributed by atoms with Crippen molar-refractivity contribution in [3.63, 3.8) is 0 Å². The van der Waals surface area contributed by atoms with Gasteiger partial charge in [0.2, 0.25) is 5.91 Å². The average Bonchev–Trinajstić information content (AvgIpc) is 2.50. The molecule has 1 unspecified atom stereocenters. The number of methoxy groups -OCH3 is 1. The Morgan fingerprint density at radius 3 is 2.62 bits per heavy atom. The van der Waals surface area contributed by atoms with Crippen molar-refractivity contribution in [1.29, 1.82) is 0 Å². The summed E-state index contributed by atoms with van der Waals surface area (Å²) in [7, 11) is 1.68. The minimum Gasteiger partial charge on any atom is -0.385 e. The van der Waals surface area contributed by atoms with E-state index in [0.29, 0.717) is 25.7 Å². The lowest BCUT2D eigenvalue weighted by atomic mass is 10.1. The zero-order chi connectivity index (χ0) is 15.5. The summed E-state index contributed by atoms with van der Waals surface area (Å²) in [4.78, 5) is 16.5. The monoisotopic (exact) mass is 300 g/mol. The zero-order valence-corrected chi connectivity index (χ0v) is 13.6. The van der Waals surface area contributed by atoms with E-state index in [1.54, 1.807) is 7.11 Å². The highest BCUT2D eigenvalue weighted by atomic mass is 16.5. The topological polar surface area (TPSA) is 70.8 Å². The molecule has 1 aliphatic heterocycles. The number of rotatable bonds is 10. The number of hydrogen-bond donors (Lipinski definition) is 2. The van der Waals surface area contributed by atoms with Crippen LogP contribution in [0.5, 0.6) is 0 Å². The van der Waals surface area contributed by atoms with E-state index in [-0.39, 0.29) is 5.91 Å². The molecule has 6 nitrogen and oxygen atoms in total. The number of amides is 1. The molecule has 0 saturated carbocycles. The first-order chi connectivity index (χ1) is 10.2. The van der Waals surface area contributed by atoms with Gasteiger partial charge in [0, 0.05) is 59.0 Å². The smallest absolute Gasteiger partial charge is 0.234 e. The molecule has 1 fully saturated rings. The molecule has 0 spiro atoms. The highest BCUT2D eigenvalue weighted by Gasteiger charge is 2.23. The SMILES string of the molecule is CCCC(CN)N1CCN(CC(=O)NCCCOC)CC1. The summed E-state index contributed by atoms with van der Waals surface area (Å²) in [5.74, 6) is 0.114. The number of carbonyl (C=O) groups is 1. The second-order valence-corrected chi connectivity index (χ2v) is 5.69. The van der Waals surface area contributed by atoms with Crippen LogP contribution in [0, 0.1) is 0 Å². The highest BCUT2D eigenvalue weighted by molar-refractivity contribution is 5.77. The molecule has 21 heavy (non-hydrogen) atoms. The average molecular weight is 300 g/mol. The fourth-order valence-electron chi connectivity index (χ4n) is 2.77. The predicted octanol–water partition coefficient (Wildman–Crippen LogP) is -0.116. The fourth-order valence-corrected chi connectivity index (χ4v) is 2.77. The first-order valence-corrected chi connectivity index (χ1v) is 8.13. The lowest BCUT2D eigenvalue weighted by Crippen LogP contribution is -2.53. The Morgan fingerprint density at radius 2 is 2.05 bits per heavy atom. The normalized spacial score (nSPS) is 18.6. The number of nitrogens with one attached hydrogen (secondary N) is 1. The Morgan fingerprint density at radius 1 is 1.33 bits per heavy atom. The second-order valence-electron chi connectivity index (χ2n) is 5.69. The summed E-state index contributed by atoms with van der Waals surface area (Å²) in [6.45, 7) is 8.74. The molecule has 0 aromatic carbocycles. The Hall–Kier alpha value is -0.690. The summed E-state index contributed by atoms with van der Waals surface area (Å²) in [5.41, 5.74) is 5.85. The van der Waals surface area contributed by atoms with Crippen molar-refractivity contribution < 1.29 is 9.53 Å². The summed E-state index contributed by atoms with van der Waals surface area (Å²) in [5, 5.41) is 2.94. The van der Waals surface area contributed by atoms with Crippen LogP contribution in [0.1, 0.15) is 26.2 Å². The van der Waals surface area contributed by atoms with Gasteiger partial charge in [0.05, 0.1) is 6.54 Å². The molecular formula is C15H32N4O2. The number of nitrogens with two attached hydrogens (primary N) is 1. The molecule has 3 N–H and O–H groups in total. The molecule has 6 heteroatoms. The standard InChI is InChI=1S/C15H32N4O2/c1-3-5-14(12-16)19-9-7-18(8-10-19)13-15(20)17-6-4-11-21-2/h14H,3-13,16H2,1-2H3,(H,17,20). The molecule has 0 aromatic heterocycles. The van der Waals surface area contributed by atoms with Crippen LogP contribution in [0.2, 0.25) is 0 Å². The Kier molecular flexibility index (Phi) is 9.58. The van der Waals surface area contributed by atoms with E-state index in [2.05, 4.69) is 22.0 Å². The van der Waals surface area contributed by atoms with Gasteiger partial charge in [0.1, 0.15) is 0 Å². The minimum atomic E-state index is 0.114. The van der Waals surface area contributed by atoms with Crippen LogP contribution in [-0.4, -0.2) is 81.3 Å². The Labute approximate surface area is 129 Å². The van der Waals surface area contributed by atoms with E-state index in [9.17, 15) is 4.79 Å². The van der Waals surface area contributed by atoms with Gasteiger partial charge in [-0.3, -0.25) is 14.6 Å². The first kappa shape index (κ1) is 18.4. The van der Waals surface area contributed by atoms with Crippen LogP contribution in [0.15, 0.2) is 0 Å². The van der Waals surface area contributed by atoms with Gasteiger partial charge >= 0.3 is 0 Å². The molecule has 124 valence electrons. The Bertz CT molecular complexity index is 281. The summed E-state index contributed by atoms with van der Waals surface area (Å²) in [6, 6.07) is 0.500. The van der Waals surface area contributed by atoms with E-state index >= 15 is 0 Å². The van der Waals surface area contributed by atoms with Crippen molar-refractivity contribution in [3.05, 3.63) is 0 Å². The lowest BCUT2D eigenvalue weighted by molar-refractivity contribution is -0.122. The van der Waals surface area contributed by atoms with Crippen molar-refractivity contribution >= 4 is 5.91 Å². The third-order valence-electron chi connectivity index (χ3n) is 4.03. The van der Waals surface area contributed by atoms with Crippen molar-refractivity contribution in [2.75, 3.05) is 59.5 Å². The third kappa shape index (κ3) is 7.22. The van der Waals surface area contributed by atoms with Crippen LogP contribution in [-0.2, 0) is 9.53 Å². The van der Waals surface area contributed by atoms with Gasteiger partial charge in [-0.25, -0.2) is 0 Å². The number of piperazine rings is 1. The predicted molar refractivity (Wildman–Crippen MR) is 85.3 cm³/mol. The van der Waals surface area contributed by atoms with E-state index in [1.807, 2.05) is 0 Å². The van der Waals surface area contributed by atoms with Crippen LogP contribution in [0.4, 0.5) is 0 Å². The molecule has 1 aliphatic rings. The first-order valence-electron chi connectivity index (χ1n) is 8.13. The third-order valence-corrected chi connectivity index (χ3v) is 4.03. The second kappa shape index (κ2) is 11.0. The van der Waals surface area contributed by atoms with Crippen molar-refractivity contribution in [3.8, 4) is 0 Å². The van der Waals surface area contributed by atoms with Crippen molar-refractivity contribution in [2.45, 2.75) is 32.2 Å². The quantitative estimate of drug-likeness (QED) is 0.551. The maximum Gasteiger partial charge on any atom is 0.234 e. The van der Waals surface area contributed by atoms with Gasteiger partial charge in [-0.15, -0.1) is 0 Å². The Balaban J connectivity index is 2.19. The van der Waals surface area contributed by atoms with E-state index in [4.69, 9.17) is 10.5 Å².